The van der Waals surface area contributed by atoms with E-state index in [0.717, 1.165) is 76.2 Å². The number of nitrogens with zero attached hydrogens (tertiary/aromatic N) is 4. The molecular weight excluding hydrogens is 398 g/mol. The van der Waals surface area contributed by atoms with Gasteiger partial charge in [0.25, 0.3) is 0 Å². The summed E-state index contributed by atoms with van der Waals surface area (Å²) in [6, 6.07) is 8.24. The molecule has 1 aromatic rings. The van der Waals surface area contributed by atoms with Crippen LogP contribution in [0.4, 0.5) is 0 Å². The Labute approximate surface area is 185 Å². The fourth-order valence-electron chi connectivity index (χ4n) is 4.53. The first-order valence-electron chi connectivity index (χ1n) is 11.4. The smallest absolute Gasteiger partial charge is 0.236 e. The summed E-state index contributed by atoms with van der Waals surface area (Å²) in [6.07, 6.45) is 4.64. The molecule has 1 N–H and O–H groups in total. The molecule has 1 saturated carbocycles. The van der Waals surface area contributed by atoms with Crippen LogP contribution in [0.3, 0.4) is 0 Å². The number of nitrogens with one attached hydrogen (secondary N) is 1. The zero-order chi connectivity index (χ0) is 21.0. The molecule has 1 aliphatic carbocycles. The van der Waals surface area contributed by atoms with Crippen LogP contribution in [0.15, 0.2) is 29.3 Å². The molecule has 3 aliphatic rings. The van der Waals surface area contributed by atoms with E-state index in [1.165, 1.54) is 18.4 Å². The summed E-state index contributed by atoms with van der Waals surface area (Å²) in [5, 5.41) is 4.27. The van der Waals surface area contributed by atoms with Gasteiger partial charge in [-0.2, -0.15) is 0 Å². The summed E-state index contributed by atoms with van der Waals surface area (Å²) in [5.74, 6) is 1.29. The van der Waals surface area contributed by atoms with E-state index in [9.17, 15) is 4.79 Å². The number of carbonyl (C=O) groups excluding carboxylic acids is 1. The second-order valence-electron chi connectivity index (χ2n) is 8.81. The van der Waals surface area contributed by atoms with Crippen molar-refractivity contribution in [3.8, 4) is 0 Å². The molecule has 1 amide bonds. The van der Waals surface area contributed by atoms with E-state index >= 15 is 0 Å². The Morgan fingerprint density at radius 2 is 1.83 bits per heavy atom. The Morgan fingerprint density at radius 1 is 1.10 bits per heavy atom. The predicted octanol–water partition coefficient (Wildman–Crippen LogP) is 2.58. The molecule has 1 aromatic carbocycles. The lowest BCUT2D eigenvalue weighted by Gasteiger charge is -2.36. The van der Waals surface area contributed by atoms with E-state index in [2.05, 4.69) is 34.2 Å². The van der Waals surface area contributed by atoms with Crippen molar-refractivity contribution in [2.75, 3.05) is 58.9 Å². The normalized spacial score (nSPS) is 21.7. The number of piperazine rings is 1. The first-order valence-corrected chi connectivity index (χ1v) is 11.8. The first kappa shape index (κ1) is 21.4. The number of hydrogen-bond donors (Lipinski definition) is 1. The fraction of sp³-hybridized carbons (Fsp3) is 0.652. The molecule has 4 rings (SSSR count). The SMILES string of the molecule is CCNC(=NCC1(c2cccc(Cl)c2)CC1)N1CCN(CC(=O)N2CCCC2)CC1. The highest BCUT2D eigenvalue weighted by Crippen LogP contribution is 2.48. The standard InChI is InChI=1S/C23H34ClN5O/c1-2-25-22(26-18-23(8-9-23)19-6-5-7-20(24)16-19)29-14-12-27(13-15-29)17-21(30)28-10-3-4-11-28/h5-7,16H,2-4,8-15,17-18H2,1H3,(H,25,26). The topological polar surface area (TPSA) is 51.2 Å². The monoisotopic (exact) mass is 431 g/mol. The molecular formula is C23H34ClN5O. The van der Waals surface area contributed by atoms with Crippen molar-refractivity contribution < 1.29 is 4.79 Å². The van der Waals surface area contributed by atoms with Gasteiger partial charge in [-0.15, -0.1) is 0 Å². The predicted molar refractivity (Wildman–Crippen MR) is 122 cm³/mol. The van der Waals surface area contributed by atoms with Gasteiger partial charge in [0.15, 0.2) is 5.96 Å². The number of carbonyl (C=O) groups is 1. The van der Waals surface area contributed by atoms with Gasteiger partial charge in [-0.1, -0.05) is 23.7 Å². The molecule has 0 atom stereocenters. The number of aliphatic imine (C=N–C) groups is 1. The van der Waals surface area contributed by atoms with Crippen LogP contribution in [0.1, 0.15) is 38.2 Å². The van der Waals surface area contributed by atoms with E-state index in [0.29, 0.717) is 12.5 Å². The average molecular weight is 432 g/mol. The van der Waals surface area contributed by atoms with Crippen LogP contribution in [0.5, 0.6) is 0 Å². The van der Waals surface area contributed by atoms with Gasteiger partial charge < -0.3 is 15.1 Å². The van der Waals surface area contributed by atoms with E-state index < -0.39 is 0 Å². The van der Waals surface area contributed by atoms with Crippen molar-refractivity contribution in [1.29, 1.82) is 0 Å². The minimum atomic E-state index is 0.148. The highest BCUT2D eigenvalue weighted by atomic mass is 35.5. The average Bonchev–Trinajstić information content (AvgIpc) is 3.34. The Balaban J connectivity index is 1.33. The minimum absolute atomic E-state index is 0.148. The van der Waals surface area contributed by atoms with Crippen LogP contribution < -0.4 is 5.32 Å². The van der Waals surface area contributed by atoms with Gasteiger partial charge in [0.1, 0.15) is 0 Å². The van der Waals surface area contributed by atoms with Crippen LogP contribution >= 0.6 is 11.6 Å². The molecule has 6 nitrogen and oxygen atoms in total. The van der Waals surface area contributed by atoms with E-state index in [-0.39, 0.29) is 5.41 Å². The largest absolute Gasteiger partial charge is 0.357 e. The maximum absolute atomic E-state index is 12.4. The van der Waals surface area contributed by atoms with Gasteiger partial charge in [-0.25, -0.2) is 0 Å². The van der Waals surface area contributed by atoms with Crippen molar-refractivity contribution in [2.24, 2.45) is 4.99 Å². The Kier molecular flexibility index (Phi) is 6.84. The summed E-state index contributed by atoms with van der Waals surface area (Å²) in [4.78, 5) is 24.1. The lowest BCUT2D eigenvalue weighted by Crippen LogP contribution is -2.54. The van der Waals surface area contributed by atoms with Crippen LogP contribution in [0.2, 0.25) is 5.02 Å². The van der Waals surface area contributed by atoms with Crippen molar-refractivity contribution in [2.45, 2.75) is 38.0 Å². The van der Waals surface area contributed by atoms with E-state index in [4.69, 9.17) is 16.6 Å². The van der Waals surface area contributed by atoms with Crippen LogP contribution in [0.25, 0.3) is 0 Å². The zero-order valence-electron chi connectivity index (χ0n) is 18.1. The molecule has 0 bridgehead atoms. The first-order chi connectivity index (χ1) is 14.6. The van der Waals surface area contributed by atoms with Gasteiger partial charge in [-0.05, 0) is 50.3 Å². The lowest BCUT2D eigenvalue weighted by atomic mass is 9.96. The van der Waals surface area contributed by atoms with Gasteiger partial charge >= 0.3 is 0 Å². The number of guanidine groups is 1. The van der Waals surface area contributed by atoms with Gasteiger partial charge in [-0.3, -0.25) is 14.7 Å². The number of likely N-dealkylation sites (tertiary alicyclic amines) is 1. The Hall–Kier alpha value is -1.79. The van der Waals surface area contributed by atoms with Crippen molar-refractivity contribution in [3.63, 3.8) is 0 Å². The van der Waals surface area contributed by atoms with Crippen LogP contribution in [0, 0.1) is 0 Å². The second-order valence-corrected chi connectivity index (χ2v) is 9.25. The number of benzene rings is 1. The molecule has 2 heterocycles. The third-order valence-corrected chi connectivity index (χ3v) is 6.88. The molecule has 0 radical (unpaired) electrons. The van der Waals surface area contributed by atoms with Crippen molar-refractivity contribution in [3.05, 3.63) is 34.9 Å². The van der Waals surface area contributed by atoms with Gasteiger partial charge in [0, 0.05) is 56.3 Å². The number of halogens is 1. The van der Waals surface area contributed by atoms with Crippen LogP contribution in [-0.2, 0) is 10.2 Å². The van der Waals surface area contributed by atoms with Crippen molar-refractivity contribution >= 4 is 23.5 Å². The van der Waals surface area contributed by atoms with Gasteiger partial charge in [0.05, 0.1) is 13.1 Å². The summed E-state index contributed by atoms with van der Waals surface area (Å²) < 4.78 is 0. The highest BCUT2D eigenvalue weighted by molar-refractivity contribution is 6.30. The van der Waals surface area contributed by atoms with E-state index in [1.54, 1.807) is 0 Å². The molecule has 0 unspecified atom stereocenters. The van der Waals surface area contributed by atoms with Crippen molar-refractivity contribution in [1.82, 2.24) is 20.0 Å². The van der Waals surface area contributed by atoms with Crippen LogP contribution in [-0.4, -0.2) is 85.5 Å². The molecule has 0 aromatic heterocycles. The summed E-state index contributed by atoms with van der Waals surface area (Å²) in [5.41, 5.74) is 1.45. The molecule has 3 fully saturated rings. The summed E-state index contributed by atoms with van der Waals surface area (Å²) in [6.45, 7) is 9.82. The highest BCUT2D eigenvalue weighted by Gasteiger charge is 2.44. The van der Waals surface area contributed by atoms with Gasteiger partial charge in [0.2, 0.25) is 5.91 Å². The maximum atomic E-state index is 12.4. The third kappa shape index (κ3) is 5.09. The fourth-order valence-corrected chi connectivity index (χ4v) is 4.73. The Morgan fingerprint density at radius 3 is 2.47 bits per heavy atom. The zero-order valence-corrected chi connectivity index (χ0v) is 18.8. The molecule has 30 heavy (non-hydrogen) atoms. The number of rotatable bonds is 6. The lowest BCUT2D eigenvalue weighted by molar-refractivity contribution is -0.131. The minimum Gasteiger partial charge on any atom is -0.357 e. The summed E-state index contributed by atoms with van der Waals surface area (Å²) in [7, 11) is 0. The Bertz CT molecular complexity index is 765. The van der Waals surface area contributed by atoms with E-state index in [1.807, 2.05) is 17.0 Å². The molecule has 0 spiro atoms. The number of amides is 1. The molecule has 7 heteroatoms. The molecule has 2 aliphatic heterocycles. The second kappa shape index (κ2) is 9.56. The summed E-state index contributed by atoms with van der Waals surface area (Å²) >= 11 is 6.22. The molecule has 164 valence electrons. The number of hydrogen-bond acceptors (Lipinski definition) is 3. The quantitative estimate of drug-likeness (QED) is 0.555. The molecule has 2 saturated heterocycles. The third-order valence-electron chi connectivity index (χ3n) is 6.65. The maximum Gasteiger partial charge on any atom is 0.236 e.